The number of hydrogen-bond donors (Lipinski definition) is 0. The van der Waals surface area contributed by atoms with Gasteiger partial charge in [-0.2, -0.15) is 15.0 Å². The minimum Gasteiger partial charge on any atom is -0.374 e. The van der Waals surface area contributed by atoms with E-state index in [1.54, 1.807) is 11.0 Å². The number of amides is 1. The molecule has 2 atom stereocenters. The van der Waals surface area contributed by atoms with Crippen LogP contribution in [0.2, 0.25) is 0 Å². The van der Waals surface area contributed by atoms with Gasteiger partial charge in [-0.1, -0.05) is 18.2 Å². The minimum absolute atomic E-state index is 0.130. The fourth-order valence-corrected chi connectivity index (χ4v) is 3.55. The SMILES string of the molecule is O=C(Cc1cnn(-c2ccccc2)n1)N1CCO[C@H]2CCC[C@H]21. The van der Waals surface area contributed by atoms with Crippen molar-refractivity contribution in [2.75, 3.05) is 13.2 Å². The van der Waals surface area contributed by atoms with Crippen molar-refractivity contribution < 1.29 is 9.53 Å². The van der Waals surface area contributed by atoms with E-state index in [-0.39, 0.29) is 18.1 Å². The molecule has 1 saturated carbocycles. The smallest absolute Gasteiger partial charge is 0.229 e. The average molecular weight is 312 g/mol. The maximum absolute atomic E-state index is 12.6. The van der Waals surface area contributed by atoms with Gasteiger partial charge in [0.2, 0.25) is 5.91 Å². The normalized spacial score (nSPS) is 23.7. The van der Waals surface area contributed by atoms with Gasteiger partial charge in [-0.05, 0) is 31.4 Å². The summed E-state index contributed by atoms with van der Waals surface area (Å²) in [6.07, 6.45) is 5.47. The van der Waals surface area contributed by atoms with Gasteiger partial charge in [0.05, 0.1) is 42.8 Å². The van der Waals surface area contributed by atoms with Gasteiger partial charge in [0.25, 0.3) is 0 Å². The maximum Gasteiger partial charge on any atom is 0.229 e. The van der Waals surface area contributed by atoms with Crippen LogP contribution in [-0.2, 0) is 16.0 Å². The molecule has 0 spiro atoms. The molecule has 0 bridgehead atoms. The van der Waals surface area contributed by atoms with Crippen LogP contribution in [0.3, 0.4) is 0 Å². The lowest BCUT2D eigenvalue weighted by atomic mass is 10.1. The van der Waals surface area contributed by atoms with Crippen LogP contribution >= 0.6 is 0 Å². The van der Waals surface area contributed by atoms with Crippen LogP contribution in [-0.4, -0.2) is 51.1 Å². The summed E-state index contributed by atoms with van der Waals surface area (Å²) in [7, 11) is 0. The van der Waals surface area contributed by atoms with Crippen molar-refractivity contribution in [1.29, 1.82) is 0 Å². The Morgan fingerprint density at radius 3 is 3.00 bits per heavy atom. The lowest BCUT2D eigenvalue weighted by Gasteiger charge is -2.37. The van der Waals surface area contributed by atoms with E-state index in [2.05, 4.69) is 10.2 Å². The molecule has 1 aliphatic heterocycles. The van der Waals surface area contributed by atoms with Crippen LogP contribution in [0.25, 0.3) is 5.69 Å². The first-order valence-electron chi connectivity index (χ1n) is 8.19. The first kappa shape index (κ1) is 14.4. The molecule has 1 amide bonds. The lowest BCUT2D eigenvalue weighted by Crippen LogP contribution is -2.51. The zero-order valence-corrected chi connectivity index (χ0v) is 13.0. The Morgan fingerprint density at radius 1 is 1.26 bits per heavy atom. The fourth-order valence-electron chi connectivity index (χ4n) is 3.55. The molecule has 2 fully saturated rings. The molecule has 2 heterocycles. The summed E-state index contributed by atoms with van der Waals surface area (Å²) in [6, 6.07) is 9.97. The van der Waals surface area contributed by atoms with Crippen LogP contribution in [0.15, 0.2) is 36.5 Å². The van der Waals surface area contributed by atoms with Gasteiger partial charge in [0, 0.05) is 6.54 Å². The Labute approximate surface area is 135 Å². The van der Waals surface area contributed by atoms with E-state index >= 15 is 0 Å². The van der Waals surface area contributed by atoms with Gasteiger partial charge in [0.1, 0.15) is 0 Å². The molecule has 1 aromatic carbocycles. The molecule has 0 unspecified atom stereocenters. The standard InChI is InChI=1S/C17H20N4O2/c22-17(20-9-10-23-16-8-4-7-15(16)20)11-13-12-18-21(19-13)14-5-2-1-3-6-14/h1-3,5-6,12,15-16H,4,7-11H2/t15-,16+/m1/s1. The van der Waals surface area contributed by atoms with Crippen molar-refractivity contribution in [1.82, 2.24) is 19.9 Å². The van der Waals surface area contributed by atoms with Crippen LogP contribution in [0.5, 0.6) is 0 Å². The van der Waals surface area contributed by atoms with Gasteiger partial charge in [-0.3, -0.25) is 4.79 Å². The summed E-state index contributed by atoms with van der Waals surface area (Å²) in [4.78, 5) is 16.2. The second-order valence-electron chi connectivity index (χ2n) is 6.13. The highest BCUT2D eigenvalue weighted by Gasteiger charge is 2.38. The molecule has 23 heavy (non-hydrogen) atoms. The predicted octanol–water partition coefficient (Wildman–Crippen LogP) is 1.59. The number of benzene rings is 1. The van der Waals surface area contributed by atoms with Crippen molar-refractivity contribution >= 4 is 5.91 Å². The topological polar surface area (TPSA) is 60.2 Å². The van der Waals surface area contributed by atoms with E-state index in [0.717, 1.165) is 24.9 Å². The summed E-state index contributed by atoms with van der Waals surface area (Å²) in [5.74, 6) is 0.130. The van der Waals surface area contributed by atoms with Gasteiger partial charge in [0.15, 0.2) is 0 Å². The third-order valence-electron chi connectivity index (χ3n) is 4.66. The Balaban J connectivity index is 1.46. The summed E-state index contributed by atoms with van der Waals surface area (Å²) in [5.41, 5.74) is 1.60. The highest BCUT2D eigenvalue weighted by Crippen LogP contribution is 2.29. The highest BCUT2D eigenvalue weighted by atomic mass is 16.5. The summed E-state index contributed by atoms with van der Waals surface area (Å²) in [6.45, 7) is 1.33. The molecule has 2 aliphatic rings. The van der Waals surface area contributed by atoms with Crippen LogP contribution in [0, 0.1) is 0 Å². The van der Waals surface area contributed by atoms with E-state index in [4.69, 9.17) is 4.74 Å². The molecular weight excluding hydrogens is 292 g/mol. The van der Waals surface area contributed by atoms with Crippen molar-refractivity contribution in [3.63, 3.8) is 0 Å². The Morgan fingerprint density at radius 2 is 2.13 bits per heavy atom. The first-order chi connectivity index (χ1) is 11.3. The molecule has 6 nitrogen and oxygen atoms in total. The van der Waals surface area contributed by atoms with Gasteiger partial charge < -0.3 is 9.64 Å². The monoisotopic (exact) mass is 312 g/mol. The molecule has 0 N–H and O–H groups in total. The number of fused-ring (bicyclic) bond motifs is 1. The summed E-state index contributed by atoms with van der Waals surface area (Å²) < 4.78 is 5.77. The Hall–Kier alpha value is -2.21. The van der Waals surface area contributed by atoms with E-state index in [0.29, 0.717) is 25.3 Å². The molecule has 1 aliphatic carbocycles. The number of para-hydroxylation sites is 1. The van der Waals surface area contributed by atoms with E-state index in [1.807, 2.05) is 35.2 Å². The number of ether oxygens (including phenoxy) is 1. The number of hydrogen-bond acceptors (Lipinski definition) is 4. The second-order valence-corrected chi connectivity index (χ2v) is 6.13. The van der Waals surface area contributed by atoms with Crippen LogP contribution in [0.4, 0.5) is 0 Å². The fraction of sp³-hybridized carbons (Fsp3) is 0.471. The van der Waals surface area contributed by atoms with Crippen molar-refractivity contribution in [3.8, 4) is 5.69 Å². The quantitative estimate of drug-likeness (QED) is 0.863. The molecule has 1 saturated heterocycles. The van der Waals surface area contributed by atoms with Crippen molar-refractivity contribution in [2.24, 2.45) is 0 Å². The highest BCUT2D eigenvalue weighted by molar-refractivity contribution is 5.78. The number of carbonyl (C=O) groups excluding carboxylic acids is 1. The zero-order valence-electron chi connectivity index (χ0n) is 13.0. The van der Waals surface area contributed by atoms with E-state index in [1.165, 1.54) is 0 Å². The number of morpholine rings is 1. The Kier molecular flexibility index (Phi) is 3.83. The van der Waals surface area contributed by atoms with Crippen molar-refractivity contribution in [3.05, 3.63) is 42.2 Å². The number of rotatable bonds is 3. The molecule has 1 aromatic heterocycles. The molecule has 4 rings (SSSR count). The van der Waals surface area contributed by atoms with E-state index in [9.17, 15) is 4.79 Å². The zero-order chi connectivity index (χ0) is 15.6. The van der Waals surface area contributed by atoms with Crippen molar-refractivity contribution in [2.45, 2.75) is 37.8 Å². The van der Waals surface area contributed by atoms with Crippen LogP contribution < -0.4 is 0 Å². The number of nitrogens with zero attached hydrogens (tertiary/aromatic N) is 4. The third-order valence-corrected chi connectivity index (χ3v) is 4.66. The predicted molar refractivity (Wildman–Crippen MR) is 84.2 cm³/mol. The first-order valence-corrected chi connectivity index (χ1v) is 8.19. The van der Waals surface area contributed by atoms with E-state index < -0.39 is 0 Å². The molecule has 0 radical (unpaired) electrons. The molecule has 2 aromatic rings. The number of aromatic nitrogens is 3. The van der Waals surface area contributed by atoms with Gasteiger partial charge in [-0.15, -0.1) is 0 Å². The molecule has 6 heteroatoms. The molecular formula is C17H20N4O2. The second kappa shape index (κ2) is 6.12. The minimum atomic E-state index is 0.130. The number of carbonyl (C=O) groups is 1. The maximum atomic E-state index is 12.6. The lowest BCUT2D eigenvalue weighted by molar-refractivity contribution is -0.143. The summed E-state index contributed by atoms with van der Waals surface area (Å²) >= 11 is 0. The molecule has 120 valence electrons. The largest absolute Gasteiger partial charge is 0.374 e. The van der Waals surface area contributed by atoms with Gasteiger partial charge in [-0.25, -0.2) is 0 Å². The Bertz CT molecular complexity index is 685. The van der Waals surface area contributed by atoms with Gasteiger partial charge >= 0.3 is 0 Å². The average Bonchev–Trinajstić information content (AvgIpc) is 3.24. The summed E-state index contributed by atoms with van der Waals surface area (Å²) in [5, 5.41) is 8.69. The third kappa shape index (κ3) is 2.86. The van der Waals surface area contributed by atoms with Crippen LogP contribution in [0.1, 0.15) is 25.0 Å².